The van der Waals surface area contributed by atoms with E-state index in [4.69, 9.17) is 9.47 Å². The van der Waals surface area contributed by atoms with Crippen molar-refractivity contribution in [3.05, 3.63) is 59.7 Å². The monoisotopic (exact) mass is 358 g/mol. The van der Waals surface area contributed by atoms with Crippen molar-refractivity contribution in [2.24, 2.45) is 0 Å². The maximum atomic E-state index is 11.3. The van der Waals surface area contributed by atoms with Gasteiger partial charge in [0.1, 0.15) is 23.7 Å². The Bertz CT molecular complexity index is 757. The molecule has 1 fully saturated rings. The number of rotatable bonds is 5. The van der Waals surface area contributed by atoms with E-state index in [1.807, 2.05) is 0 Å². The number of ketones is 1. The van der Waals surface area contributed by atoms with Crippen LogP contribution in [0.4, 0.5) is 0 Å². The van der Waals surface area contributed by atoms with E-state index in [0.717, 1.165) is 0 Å². The van der Waals surface area contributed by atoms with Crippen molar-refractivity contribution in [3.8, 4) is 11.5 Å². The lowest BCUT2D eigenvalue weighted by molar-refractivity contribution is -0.179. The SMILES string of the molecule is CC(=O)c1ccc(Oc2cccc(C3OC(CO)CC(O)C3O)c2)cc1. The number of benzene rings is 2. The second kappa shape index (κ2) is 7.97. The van der Waals surface area contributed by atoms with Gasteiger partial charge in [0.15, 0.2) is 5.78 Å². The van der Waals surface area contributed by atoms with Crippen LogP contribution >= 0.6 is 0 Å². The quantitative estimate of drug-likeness (QED) is 0.710. The summed E-state index contributed by atoms with van der Waals surface area (Å²) in [5, 5.41) is 29.5. The van der Waals surface area contributed by atoms with Gasteiger partial charge in [-0.3, -0.25) is 4.79 Å². The first-order valence-electron chi connectivity index (χ1n) is 8.49. The molecule has 4 unspecified atom stereocenters. The standard InChI is InChI=1S/C20H22O6/c1-12(22)13-5-7-15(8-6-13)25-16-4-2-3-14(9-16)20-19(24)18(23)10-17(11-21)26-20/h2-9,17-21,23-24H,10-11H2,1H3. The summed E-state index contributed by atoms with van der Waals surface area (Å²) in [7, 11) is 0. The predicted octanol–water partition coefficient (Wildman–Crippen LogP) is 2.23. The molecule has 2 aromatic rings. The Balaban J connectivity index is 1.78. The third-order valence-electron chi connectivity index (χ3n) is 4.43. The second-order valence-corrected chi connectivity index (χ2v) is 6.41. The first-order chi connectivity index (χ1) is 12.5. The Morgan fingerprint density at radius 2 is 1.88 bits per heavy atom. The Morgan fingerprint density at radius 3 is 2.54 bits per heavy atom. The average Bonchev–Trinajstić information content (AvgIpc) is 2.64. The fourth-order valence-corrected chi connectivity index (χ4v) is 3.00. The molecule has 0 amide bonds. The van der Waals surface area contributed by atoms with Crippen molar-refractivity contribution < 1.29 is 29.6 Å². The highest BCUT2D eigenvalue weighted by molar-refractivity contribution is 5.94. The molecule has 26 heavy (non-hydrogen) atoms. The molecule has 6 heteroatoms. The summed E-state index contributed by atoms with van der Waals surface area (Å²) in [6, 6.07) is 13.8. The molecule has 4 atom stereocenters. The lowest BCUT2D eigenvalue weighted by atomic mass is 9.93. The molecule has 2 aromatic carbocycles. The van der Waals surface area contributed by atoms with E-state index in [0.29, 0.717) is 22.6 Å². The van der Waals surface area contributed by atoms with E-state index in [1.165, 1.54) is 6.92 Å². The molecule has 138 valence electrons. The summed E-state index contributed by atoms with van der Waals surface area (Å²) >= 11 is 0. The molecular weight excluding hydrogens is 336 g/mol. The van der Waals surface area contributed by atoms with Gasteiger partial charge < -0.3 is 24.8 Å². The van der Waals surface area contributed by atoms with Gasteiger partial charge in [-0.05, 0) is 48.9 Å². The molecule has 0 bridgehead atoms. The van der Waals surface area contributed by atoms with Crippen LogP contribution in [0, 0.1) is 0 Å². The van der Waals surface area contributed by atoms with E-state index in [1.54, 1.807) is 48.5 Å². The van der Waals surface area contributed by atoms with Gasteiger partial charge in [0.25, 0.3) is 0 Å². The molecule has 6 nitrogen and oxygen atoms in total. The normalized spacial score (nSPS) is 25.7. The van der Waals surface area contributed by atoms with E-state index >= 15 is 0 Å². The van der Waals surface area contributed by atoms with Gasteiger partial charge in [0.2, 0.25) is 0 Å². The lowest BCUT2D eigenvalue weighted by Gasteiger charge is -2.36. The number of carbonyl (C=O) groups is 1. The first kappa shape index (κ1) is 18.5. The fourth-order valence-electron chi connectivity index (χ4n) is 3.00. The number of aliphatic hydroxyl groups is 3. The van der Waals surface area contributed by atoms with Gasteiger partial charge in [0.05, 0.1) is 18.8 Å². The Kier molecular flexibility index (Phi) is 5.68. The number of Topliss-reactive ketones (excluding diaryl/α,β-unsaturated/α-hetero) is 1. The molecule has 0 aliphatic carbocycles. The van der Waals surface area contributed by atoms with Crippen molar-refractivity contribution in [2.75, 3.05) is 6.61 Å². The van der Waals surface area contributed by atoms with E-state index in [2.05, 4.69) is 0 Å². The molecule has 0 saturated carbocycles. The molecule has 1 heterocycles. The van der Waals surface area contributed by atoms with Crippen LogP contribution in [-0.2, 0) is 4.74 Å². The molecule has 0 radical (unpaired) electrons. The third kappa shape index (κ3) is 4.11. The van der Waals surface area contributed by atoms with Gasteiger partial charge >= 0.3 is 0 Å². The van der Waals surface area contributed by atoms with Crippen molar-refractivity contribution in [2.45, 2.75) is 37.8 Å². The van der Waals surface area contributed by atoms with Crippen LogP contribution in [0.1, 0.15) is 35.4 Å². The average molecular weight is 358 g/mol. The van der Waals surface area contributed by atoms with Crippen molar-refractivity contribution >= 4 is 5.78 Å². The van der Waals surface area contributed by atoms with Crippen LogP contribution in [0.2, 0.25) is 0 Å². The lowest BCUT2D eigenvalue weighted by Crippen LogP contribution is -2.44. The summed E-state index contributed by atoms with van der Waals surface area (Å²) in [6.07, 6.45) is -3.13. The summed E-state index contributed by atoms with van der Waals surface area (Å²) < 4.78 is 11.5. The predicted molar refractivity (Wildman–Crippen MR) is 94.3 cm³/mol. The molecule has 1 aliphatic rings. The molecular formula is C20H22O6. The number of hydrogen-bond acceptors (Lipinski definition) is 6. The largest absolute Gasteiger partial charge is 0.457 e. The maximum Gasteiger partial charge on any atom is 0.159 e. The van der Waals surface area contributed by atoms with Crippen LogP contribution in [0.25, 0.3) is 0 Å². The van der Waals surface area contributed by atoms with Gasteiger partial charge in [-0.2, -0.15) is 0 Å². The molecule has 3 N–H and O–H groups in total. The van der Waals surface area contributed by atoms with Gasteiger partial charge in [-0.1, -0.05) is 12.1 Å². The molecule has 1 saturated heterocycles. The van der Waals surface area contributed by atoms with Gasteiger partial charge in [-0.15, -0.1) is 0 Å². The molecule has 0 spiro atoms. The number of ether oxygens (including phenoxy) is 2. The van der Waals surface area contributed by atoms with Crippen molar-refractivity contribution in [1.29, 1.82) is 0 Å². The van der Waals surface area contributed by atoms with E-state index in [9.17, 15) is 20.1 Å². The van der Waals surface area contributed by atoms with Gasteiger partial charge in [-0.25, -0.2) is 0 Å². The summed E-state index contributed by atoms with van der Waals surface area (Å²) in [6.45, 7) is 1.28. The Labute approximate surface area is 151 Å². The molecule has 3 rings (SSSR count). The van der Waals surface area contributed by atoms with Crippen molar-refractivity contribution in [1.82, 2.24) is 0 Å². The smallest absolute Gasteiger partial charge is 0.159 e. The Morgan fingerprint density at radius 1 is 1.15 bits per heavy atom. The minimum Gasteiger partial charge on any atom is -0.457 e. The van der Waals surface area contributed by atoms with Crippen LogP contribution in [0.5, 0.6) is 11.5 Å². The summed E-state index contributed by atoms with van der Waals surface area (Å²) in [4.78, 5) is 11.3. The van der Waals surface area contributed by atoms with E-state index < -0.39 is 24.4 Å². The zero-order valence-electron chi connectivity index (χ0n) is 14.4. The highest BCUT2D eigenvalue weighted by Crippen LogP contribution is 2.34. The molecule has 1 aliphatic heterocycles. The number of carbonyl (C=O) groups excluding carboxylic acids is 1. The topological polar surface area (TPSA) is 96.2 Å². The van der Waals surface area contributed by atoms with Crippen molar-refractivity contribution in [3.63, 3.8) is 0 Å². The number of hydrogen-bond donors (Lipinski definition) is 3. The fraction of sp³-hybridized carbons (Fsp3) is 0.350. The summed E-state index contributed by atoms with van der Waals surface area (Å²) in [5.74, 6) is 1.10. The highest BCUT2D eigenvalue weighted by Gasteiger charge is 2.37. The van der Waals surface area contributed by atoms with Crippen LogP contribution in [0.15, 0.2) is 48.5 Å². The van der Waals surface area contributed by atoms with Crippen LogP contribution < -0.4 is 4.74 Å². The first-order valence-corrected chi connectivity index (χ1v) is 8.49. The zero-order valence-corrected chi connectivity index (χ0v) is 14.4. The summed E-state index contributed by atoms with van der Waals surface area (Å²) in [5.41, 5.74) is 1.25. The molecule has 0 aromatic heterocycles. The highest BCUT2D eigenvalue weighted by atomic mass is 16.5. The Hall–Kier alpha value is -2.25. The number of aliphatic hydroxyl groups excluding tert-OH is 3. The van der Waals surface area contributed by atoms with Crippen LogP contribution in [-0.4, -0.2) is 46.0 Å². The van der Waals surface area contributed by atoms with Crippen LogP contribution in [0.3, 0.4) is 0 Å². The third-order valence-corrected chi connectivity index (χ3v) is 4.43. The van der Waals surface area contributed by atoms with E-state index in [-0.39, 0.29) is 18.8 Å². The minimum absolute atomic E-state index is 0.0148. The second-order valence-electron chi connectivity index (χ2n) is 6.41. The van der Waals surface area contributed by atoms with Gasteiger partial charge in [0, 0.05) is 12.0 Å². The maximum absolute atomic E-state index is 11.3. The zero-order chi connectivity index (χ0) is 18.7. The minimum atomic E-state index is -1.08.